The van der Waals surface area contributed by atoms with Gasteiger partial charge in [0.2, 0.25) is 11.8 Å². The van der Waals surface area contributed by atoms with Crippen LogP contribution in [-0.4, -0.2) is 41.4 Å². The molecule has 1 aliphatic rings. The summed E-state index contributed by atoms with van der Waals surface area (Å²) in [7, 11) is 0. The molecule has 98 valence electrons. The van der Waals surface area contributed by atoms with Crippen LogP contribution in [0, 0.1) is 0 Å². The van der Waals surface area contributed by atoms with E-state index in [-0.39, 0.29) is 5.88 Å². The van der Waals surface area contributed by atoms with Crippen LogP contribution in [0.1, 0.15) is 0 Å². The molecule has 0 unspecified atom stereocenters. The highest BCUT2D eigenvalue weighted by atomic mass is 16.5. The zero-order chi connectivity index (χ0) is 13.1. The van der Waals surface area contributed by atoms with E-state index in [1.165, 1.54) is 0 Å². The van der Waals surface area contributed by atoms with Gasteiger partial charge in [0.25, 0.3) is 0 Å². The van der Waals surface area contributed by atoms with E-state index in [0.29, 0.717) is 19.2 Å². The first-order chi connectivity index (χ1) is 9.33. The quantitative estimate of drug-likeness (QED) is 0.887. The Bertz CT molecular complexity index is 554. The number of rotatable bonds is 2. The minimum absolute atomic E-state index is 0.00431. The van der Waals surface area contributed by atoms with Crippen molar-refractivity contribution in [2.75, 3.05) is 31.2 Å². The summed E-state index contributed by atoms with van der Waals surface area (Å²) in [5.41, 5.74) is 1.70. The van der Waals surface area contributed by atoms with Gasteiger partial charge in [-0.1, -0.05) is 30.3 Å². The molecule has 5 heteroatoms. The van der Waals surface area contributed by atoms with Crippen molar-refractivity contribution in [1.82, 2.24) is 9.97 Å². The van der Waals surface area contributed by atoms with E-state index in [0.717, 1.165) is 24.3 Å². The van der Waals surface area contributed by atoms with Crippen LogP contribution in [0.2, 0.25) is 0 Å². The summed E-state index contributed by atoms with van der Waals surface area (Å²) < 4.78 is 5.31. The van der Waals surface area contributed by atoms with Gasteiger partial charge >= 0.3 is 0 Å². The van der Waals surface area contributed by atoms with E-state index in [9.17, 15) is 5.11 Å². The van der Waals surface area contributed by atoms with Crippen LogP contribution in [0.3, 0.4) is 0 Å². The van der Waals surface area contributed by atoms with Crippen molar-refractivity contribution in [2.24, 2.45) is 0 Å². The Balaban J connectivity index is 1.96. The van der Waals surface area contributed by atoms with Gasteiger partial charge in [-0.25, -0.2) is 4.98 Å². The summed E-state index contributed by atoms with van der Waals surface area (Å²) in [6.07, 6.45) is 0. The van der Waals surface area contributed by atoms with Gasteiger partial charge in [-0.2, -0.15) is 4.98 Å². The molecule has 0 spiro atoms. The highest BCUT2D eigenvalue weighted by Crippen LogP contribution is 2.23. The fourth-order valence-corrected chi connectivity index (χ4v) is 2.08. The van der Waals surface area contributed by atoms with Gasteiger partial charge in [-0.3, -0.25) is 0 Å². The molecule has 3 rings (SSSR count). The summed E-state index contributed by atoms with van der Waals surface area (Å²) in [5.74, 6) is 0.553. The second-order valence-electron chi connectivity index (χ2n) is 4.38. The zero-order valence-corrected chi connectivity index (χ0v) is 10.5. The summed E-state index contributed by atoms with van der Waals surface area (Å²) in [5, 5.41) is 9.78. The summed E-state index contributed by atoms with van der Waals surface area (Å²) in [4.78, 5) is 10.6. The van der Waals surface area contributed by atoms with Crippen LogP contribution in [0.25, 0.3) is 11.3 Å². The lowest BCUT2D eigenvalue weighted by atomic mass is 10.1. The molecule has 2 heterocycles. The summed E-state index contributed by atoms with van der Waals surface area (Å²) >= 11 is 0. The lowest BCUT2D eigenvalue weighted by Gasteiger charge is -2.26. The third-order valence-electron chi connectivity index (χ3n) is 3.06. The van der Waals surface area contributed by atoms with E-state index in [4.69, 9.17) is 4.74 Å². The molecule has 0 radical (unpaired) electrons. The molecule has 19 heavy (non-hydrogen) atoms. The Morgan fingerprint density at radius 3 is 2.53 bits per heavy atom. The standard InChI is InChI=1S/C14H15N3O2/c18-13-10-12(11-4-2-1-3-5-11)15-14(16-13)17-6-8-19-9-7-17/h1-5,10H,6-9H2,(H,15,16,18). The number of anilines is 1. The summed E-state index contributed by atoms with van der Waals surface area (Å²) in [6.45, 7) is 2.83. The fraction of sp³-hybridized carbons (Fsp3) is 0.286. The number of aromatic nitrogens is 2. The maximum absolute atomic E-state index is 9.78. The molecule has 0 amide bonds. The first kappa shape index (κ1) is 11.9. The lowest BCUT2D eigenvalue weighted by molar-refractivity contribution is 0.122. The number of hydrogen-bond acceptors (Lipinski definition) is 5. The van der Waals surface area contributed by atoms with Gasteiger partial charge in [0, 0.05) is 24.7 Å². The number of morpholine rings is 1. The van der Waals surface area contributed by atoms with Crippen LogP contribution in [0.15, 0.2) is 36.4 Å². The molecule has 1 aromatic carbocycles. The zero-order valence-electron chi connectivity index (χ0n) is 10.5. The monoisotopic (exact) mass is 257 g/mol. The number of nitrogens with zero attached hydrogens (tertiary/aromatic N) is 3. The van der Waals surface area contributed by atoms with Crippen molar-refractivity contribution < 1.29 is 9.84 Å². The van der Waals surface area contributed by atoms with Gasteiger partial charge in [-0.05, 0) is 0 Å². The molecule has 5 nitrogen and oxygen atoms in total. The van der Waals surface area contributed by atoms with Crippen LogP contribution in [0.4, 0.5) is 5.95 Å². The van der Waals surface area contributed by atoms with Gasteiger partial charge in [0.05, 0.1) is 18.9 Å². The van der Waals surface area contributed by atoms with Crippen LogP contribution >= 0.6 is 0 Å². The van der Waals surface area contributed by atoms with Crippen molar-refractivity contribution >= 4 is 5.95 Å². The Labute approximate surface area is 111 Å². The highest BCUT2D eigenvalue weighted by molar-refractivity contribution is 5.61. The SMILES string of the molecule is Oc1cc(-c2ccccc2)nc(N2CCOCC2)n1. The first-order valence-electron chi connectivity index (χ1n) is 6.29. The van der Waals surface area contributed by atoms with E-state index < -0.39 is 0 Å². The average molecular weight is 257 g/mol. The lowest BCUT2D eigenvalue weighted by Crippen LogP contribution is -2.37. The van der Waals surface area contributed by atoms with Gasteiger partial charge in [0.15, 0.2) is 0 Å². The molecule has 1 N–H and O–H groups in total. The second-order valence-corrected chi connectivity index (χ2v) is 4.38. The molecule has 0 aliphatic carbocycles. The second kappa shape index (κ2) is 5.24. The molecular formula is C14H15N3O2. The van der Waals surface area contributed by atoms with E-state index in [1.807, 2.05) is 35.2 Å². The molecule has 0 bridgehead atoms. The predicted octanol–water partition coefficient (Wildman–Crippen LogP) is 1.69. The Morgan fingerprint density at radius 1 is 1.05 bits per heavy atom. The molecule has 1 saturated heterocycles. The summed E-state index contributed by atoms with van der Waals surface area (Å²) in [6, 6.07) is 11.4. The maximum Gasteiger partial charge on any atom is 0.229 e. The minimum atomic E-state index is -0.00431. The number of ether oxygens (including phenoxy) is 1. The first-order valence-corrected chi connectivity index (χ1v) is 6.29. The molecule has 1 fully saturated rings. The predicted molar refractivity (Wildman–Crippen MR) is 72.2 cm³/mol. The van der Waals surface area contributed by atoms with Crippen LogP contribution < -0.4 is 4.90 Å². The maximum atomic E-state index is 9.78. The number of hydrogen-bond donors (Lipinski definition) is 1. The average Bonchev–Trinajstić information content (AvgIpc) is 2.48. The van der Waals surface area contributed by atoms with Crippen molar-refractivity contribution in [3.05, 3.63) is 36.4 Å². The topological polar surface area (TPSA) is 58.5 Å². The minimum Gasteiger partial charge on any atom is -0.493 e. The van der Waals surface area contributed by atoms with Crippen molar-refractivity contribution in [3.8, 4) is 17.1 Å². The molecule has 0 saturated carbocycles. The van der Waals surface area contributed by atoms with Crippen molar-refractivity contribution in [3.63, 3.8) is 0 Å². The number of aromatic hydroxyl groups is 1. The van der Waals surface area contributed by atoms with Crippen LogP contribution in [0.5, 0.6) is 5.88 Å². The molecular weight excluding hydrogens is 242 g/mol. The normalized spacial score (nSPS) is 15.5. The van der Waals surface area contributed by atoms with Crippen molar-refractivity contribution in [1.29, 1.82) is 0 Å². The van der Waals surface area contributed by atoms with Crippen LogP contribution in [-0.2, 0) is 4.74 Å². The fourth-order valence-electron chi connectivity index (χ4n) is 2.08. The molecule has 0 atom stereocenters. The van der Waals surface area contributed by atoms with Crippen molar-refractivity contribution in [2.45, 2.75) is 0 Å². The highest BCUT2D eigenvalue weighted by Gasteiger charge is 2.15. The Morgan fingerprint density at radius 2 is 1.79 bits per heavy atom. The van der Waals surface area contributed by atoms with Gasteiger partial charge < -0.3 is 14.7 Å². The third-order valence-corrected chi connectivity index (χ3v) is 3.06. The number of benzene rings is 1. The van der Waals surface area contributed by atoms with E-state index in [2.05, 4.69) is 9.97 Å². The molecule has 1 aliphatic heterocycles. The van der Waals surface area contributed by atoms with Gasteiger partial charge in [-0.15, -0.1) is 0 Å². The Hall–Kier alpha value is -2.14. The largest absolute Gasteiger partial charge is 0.493 e. The van der Waals surface area contributed by atoms with Gasteiger partial charge in [0.1, 0.15) is 0 Å². The van der Waals surface area contributed by atoms with E-state index in [1.54, 1.807) is 6.07 Å². The van der Waals surface area contributed by atoms with E-state index >= 15 is 0 Å². The molecule has 1 aromatic heterocycles. The third kappa shape index (κ3) is 2.66. The Kier molecular flexibility index (Phi) is 3.29. The smallest absolute Gasteiger partial charge is 0.229 e. The molecule has 2 aromatic rings.